The molecule has 0 radical (unpaired) electrons. The van der Waals surface area contributed by atoms with Crippen LogP contribution in [0.1, 0.15) is 17.5 Å². The standard InChI is InChI=1S/C16H17N5OS2/c1-9-10(2)23-15(17-9)19-14(22)11(3)24-16-18-13(20-21-16)12-7-5-4-6-8-12/h4-8,11H,1-3H3,(H,17,19,22)(H,18,20,21). The molecule has 0 saturated carbocycles. The van der Waals surface area contributed by atoms with Crippen molar-refractivity contribution in [2.45, 2.75) is 31.2 Å². The van der Waals surface area contributed by atoms with Crippen LogP contribution < -0.4 is 5.32 Å². The van der Waals surface area contributed by atoms with E-state index in [1.165, 1.54) is 23.1 Å². The Morgan fingerprint density at radius 1 is 1.25 bits per heavy atom. The minimum absolute atomic E-state index is 0.111. The number of nitrogens with one attached hydrogen (secondary N) is 2. The molecule has 1 atom stereocenters. The maximum atomic E-state index is 12.3. The van der Waals surface area contributed by atoms with Gasteiger partial charge in [-0.2, -0.15) is 0 Å². The Labute approximate surface area is 148 Å². The molecule has 0 saturated heterocycles. The summed E-state index contributed by atoms with van der Waals surface area (Å²) in [5.41, 5.74) is 1.90. The smallest absolute Gasteiger partial charge is 0.239 e. The number of thiazole rings is 1. The van der Waals surface area contributed by atoms with Crippen LogP contribution in [0, 0.1) is 13.8 Å². The van der Waals surface area contributed by atoms with E-state index >= 15 is 0 Å². The third kappa shape index (κ3) is 3.82. The maximum Gasteiger partial charge on any atom is 0.239 e. The SMILES string of the molecule is Cc1nc(NC(=O)C(C)Sc2n[nH]c(-c3ccccc3)n2)sc1C. The Bertz CT molecular complexity index is 824. The van der Waals surface area contributed by atoms with Gasteiger partial charge in [0.05, 0.1) is 10.9 Å². The average molecular weight is 359 g/mol. The number of carbonyl (C=O) groups is 1. The van der Waals surface area contributed by atoms with Crippen molar-refractivity contribution in [2.75, 3.05) is 5.32 Å². The number of aryl methyl sites for hydroxylation is 2. The summed E-state index contributed by atoms with van der Waals surface area (Å²) in [6.07, 6.45) is 0. The number of aromatic nitrogens is 4. The molecule has 2 heterocycles. The Morgan fingerprint density at radius 3 is 2.67 bits per heavy atom. The van der Waals surface area contributed by atoms with Gasteiger partial charge < -0.3 is 5.32 Å². The van der Waals surface area contributed by atoms with Crippen molar-refractivity contribution in [1.82, 2.24) is 20.2 Å². The number of rotatable bonds is 5. The first kappa shape index (κ1) is 16.7. The molecule has 1 amide bonds. The van der Waals surface area contributed by atoms with E-state index in [1.807, 2.05) is 51.1 Å². The van der Waals surface area contributed by atoms with E-state index in [9.17, 15) is 4.79 Å². The van der Waals surface area contributed by atoms with Crippen LogP contribution in [0.4, 0.5) is 5.13 Å². The molecule has 0 fully saturated rings. The summed E-state index contributed by atoms with van der Waals surface area (Å²) >= 11 is 2.79. The van der Waals surface area contributed by atoms with E-state index in [0.717, 1.165) is 16.1 Å². The Balaban J connectivity index is 1.63. The molecule has 2 aromatic heterocycles. The van der Waals surface area contributed by atoms with Gasteiger partial charge >= 0.3 is 0 Å². The summed E-state index contributed by atoms with van der Waals surface area (Å²) in [5.74, 6) is 0.580. The van der Waals surface area contributed by atoms with E-state index < -0.39 is 0 Å². The fourth-order valence-electron chi connectivity index (χ4n) is 1.97. The first-order valence-electron chi connectivity index (χ1n) is 7.42. The highest BCUT2D eigenvalue weighted by atomic mass is 32.2. The van der Waals surface area contributed by atoms with Gasteiger partial charge in [-0.15, -0.1) is 16.4 Å². The minimum Gasteiger partial charge on any atom is -0.301 e. The summed E-state index contributed by atoms with van der Waals surface area (Å²) in [7, 11) is 0. The van der Waals surface area contributed by atoms with Crippen LogP contribution in [-0.4, -0.2) is 31.3 Å². The van der Waals surface area contributed by atoms with Gasteiger partial charge in [-0.1, -0.05) is 42.1 Å². The van der Waals surface area contributed by atoms with E-state index in [1.54, 1.807) is 0 Å². The molecule has 6 nitrogen and oxygen atoms in total. The van der Waals surface area contributed by atoms with E-state index in [4.69, 9.17) is 0 Å². The summed E-state index contributed by atoms with van der Waals surface area (Å²) in [4.78, 5) is 22.1. The van der Waals surface area contributed by atoms with E-state index in [0.29, 0.717) is 16.1 Å². The predicted molar refractivity (Wildman–Crippen MR) is 97.4 cm³/mol. The van der Waals surface area contributed by atoms with Gasteiger partial charge in [0.2, 0.25) is 11.1 Å². The third-order valence-electron chi connectivity index (χ3n) is 3.42. The van der Waals surface area contributed by atoms with Crippen molar-refractivity contribution in [3.05, 3.63) is 40.9 Å². The average Bonchev–Trinajstić information content (AvgIpc) is 3.15. The number of benzene rings is 1. The number of aromatic amines is 1. The second-order valence-corrected chi connectivity index (χ2v) is 7.75. The number of amides is 1. The Hall–Kier alpha value is -2.19. The molecule has 0 spiro atoms. The molecule has 24 heavy (non-hydrogen) atoms. The highest BCUT2D eigenvalue weighted by molar-refractivity contribution is 8.00. The summed E-state index contributed by atoms with van der Waals surface area (Å²) in [6, 6.07) is 9.75. The number of anilines is 1. The highest BCUT2D eigenvalue weighted by Crippen LogP contribution is 2.25. The van der Waals surface area contributed by atoms with Gasteiger partial charge in [-0.3, -0.25) is 9.89 Å². The lowest BCUT2D eigenvalue weighted by Gasteiger charge is -2.07. The number of carbonyl (C=O) groups excluding carboxylic acids is 1. The normalized spacial score (nSPS) is 12.1. The molecule has 124 valence electrons. The van der Waals surface area contributed by atoms with Crippen molar-refractivity contribution >= 4 is 34.1 Å². The number of hydrogen-bond acceptors (Lipinski definition) is 6. The first-order valence-corrected chi connectivity index (χ1v) is 9.12. The van der Waals surface area contributed by atoms with Crippen molar-refractivity contribution in [2.24, 2.45) is 0 Å². The van der Waals surface area contributed by atoms with Gasteiger partial charge in [0.15, 0.2) is 11.0 Å². The molecule has 1 aromatic carbocycles. The summed E-state index contributed by atoms with van der Waals surface area (Å²) in [5, 5.41) is 10.8. The molecule has 3 aromatic rings. The Morgan fingerprint density at radius 2 is 2.00 bits per heavy atom. The van der Waals surface area contributed by atoms with Crippen LogP contribution in [0.3, 0.4) is 0 Å². The lowest BCUT2D eigenvalue weighted by atomic mass is 10.2. The van der Waals surface area contributed by atoms with Gasteiger partial charge in [-0.05, 0) is 20.8 Å². The van der Waals surface area contributed by atoms with E-state index in [-0.39, 0.29) is 11.2 Å². The molecular weight excluding hydrogens is 342 g/mol. The van der Waals surface area contributed by atoms with Crippen LogP contribution in [-0.2, 0) is 4.79 Å². The van der Waals surface area contributed by atoms with Crippen LogP contribution in [0.2, 0.25) is 0 Å². The number of hydrogen-bond donors (Lipinski definition) is 2. The molecular formula is C16H17N5OS2. The zero-order chi connectivity index (χ0) is 17.1. The van der Waals surface area contributed by atoms with Gasteiger partial charge in [0.25, 0.3) is 0 Å². The fraction of sp³-hybridized carbons (Fsp3) is 0.250. The topological polar surface area (TPSA) is 83.6 Å². The molecule has 0 aliphatic heterocycles. The quantitative estimate of drug-likeness (QED) is 0.679. The van der Waals surface area contributed by atoms with Crippen molar-refractivity contribution in [3.63, 3.8) is 0 Å². The first-order chi connectivity index (χ1) is 11.5. The zero-order valence-corrected chi connectivity index (χ0v) is 15.2. The van der Waals surface area contributed by atoms with Crippen LogP contribution >= 0.6 is 23.1 Å². The molecule has 3 rings (SSSR count). The van der Waals surface area contributed by atoms with E-state index in [2.05, 4.69) is 25.5 Å². The predicted octanol–water partition coefficient (Wildman–Crippen LogP) is 3.66. The van der Waals surface area contributed by atoms with Crippen molar-refractivity contribution in [1.29, 1.82) is 0 Å². The number of H-pyrrole nitrogens is 1. The van der Waals surface area contributed by atoms with Gasteiger partial charge in [0, 0.05) is 10.4 Å². The maximum absolute atomic E-state index is 12.3. The molecule has 2 N–H and O–H groups in total. The van der Waals surface area contributed by atoms with Gasteiger partial charge in [-0.25, -0.2) is 9.97 Å². The lowest BCUT2D eigenvalue weighted by Crippen LogP contribution is -2.22. The molecule has 0 aliphatic rings. The van der Waals surface area contributed by atoms with Crippen LogP contribution in [0.25, 0.3) is 11.4 Å². The molecule has 0 aliphatic carbocycles. The third-order valence-corrected chi connectivity index (χ3v) is 5.37. The monoisotopic (exact) mass is 359 g/mol. The van der Waals surface area contributed by atoms with Crippen LogP contribution in [0.15, 0.2) is 35.5 Å². The van der Waals surface area contributed by atoms with Crippen LogP contribution in [0.5, 0.6) is 0 Å². The van der Waals surface area contributed by atoms with Crippen molar-refractivity contribution in [3.8, 4) is 11.4 Å². The van der Waals surface area contributed by atoms with Gasteiger partial charge in [0.1, 0.15) is 0 Å². The second kappa shape index (κ2) is 7.14. The summed E-state index contributed by atoms with van der Waals surface area (Å²) in [6.45, 7) is 5.74. The summed E-state index contributed by atoms with van der Waals surface area (Å²) < 4.78 is 0. The lowest BCUT2D eigenvalue weighted by molar-refractivity contribution is -0.115. The largest absolute Gasteiger partial charge is 0.301 e. The molecule has 8 heteroatoms. The zero-order valence-electron chi connectivity index (χ0n) is 13.5. The molecule has 1 unspecified atom stereocenters. The number of nitrogens with zero attached hydrogens (tertiary/aromatic N) is 3. The minimum atomic E-state index is -0.325. The fourth-order valence-corrected chi connectivity index (χ4v) is 3.51. The van der Waals surface area contributed by atoms with Crippen molar-refractivity contribution < 1.29 is 4.79 Å². The second-order valence-electron chi connectivity index (χ2n) is 5.24. The molecule has 0 bridgehead atoms. The highest BCUT2D eigenvalue weighted by Gasteiger charge is 2.19. The number of thioether (sulfide) groups is 1. The Kier molecular flexibility index (Phi) is 4.96.